The fraction of sp³-hybridized carbons (Fsp3) is 0.409. The molecule has 0 saturated carbocycles. The number of anilines is 2. The van der Waals surface area contributed by atoms with Crippen LogP contribution in [0.4, 0.5) is 11.5 Å². The van der Waals surface area contributed by atoms with E-state index in [0.29, 0.717) is 35.1 Å². The van der Waals surface area contributed by atoms with Gasteiger partial charge in [0.25, 0.3) is 0 Å². The second-order valence-electron chi connectivity index (χ2n) is 8.47. The number of nitrogens with zero attached hydrogens (tertiary/aromatic N) is 5. The molecule has 3 atom stereocenters. The molecule has 8 nitrogen and oxygen atoms in total. The maximum absolute atomic E-state index is 10.6. The lowest BCUT2D eigenvalue weighted by Crippen LogP contribution is -2.47. The molecule has 4 heterocycles. The van der Waals surface area contributed by atoms with Gasteiger partial charge in [-0.15, -0.1) is 10.2 Å². The number of phenolic OH excluding ortho intramolecular Hbond substituents is 1. The Labute approximate surface area is 175 Å². The van der Waals surface area contributed by atoms with Gasteiger partial charge in [0.05, 0.1) is 29.0 Å². The number of hydrogen-bond donors (Lipinski definition) is 3. The first-order chi connectivity index (χ1) is 14.5. The van der Waals surface area contributed by atoms with E-state index >= 15 is 0 Å². The lowest BCUT2D eigenvalue weighted by Gasteiger charge is -2.36. The molecule has 4 N–H and O–H groups in total. The molecule has 8 heteroatoms. The monoisotopic (exact) mass is 405 g/mol. The molecule has 2 bridgehead atoms. The molecule has 2 aliphatic heterocycles. The van der Waals surface area contributed by atoms with Crippen molar-refractivity contribution >= 4 is 11.5 Å². The number of hydrogen-bond acceptors (Lipinski definition) is 7. The number of nitrogens with one attached hydrogen (secondary N) is 1. The van der Waals surface area contributed by atoms with Gasteiger partial charge in [-0.3, -0.25) is 0 Å². The Morgan fingerprint density at radius 1 is 1.13 bits per heavy atom. The highest BCUT2D eigenvalue weighted by Crippen LogP contribution is 2.33. The topological polar surface area (TPSA) is 105 Å². The number of nitrogen functional groups attached to an aromatic ring is 1. The molecule has 2 fully saturated rings. The number of piperidine rings is 1. The Hall–Kier alpha value is -3.13. The molecule has 0 aliphatic carbocycles. The van der Waals surface area contributed by atoms with Crippen LogP contribution in [-0.2, 0) is 0 Å². The highest BCUT2D eigenvalue weighted by Gasteiger charge is 2.35. The van der Waals surface area contributed by atoms with E-state index in [1.165, 1.54) is 12.8 Å². The van der Waals surface area contributed by atoms with Crippen LogP contribution in [0.2, 0.25) is 0 Å². The summed E-state index contributed by atoms with van der Waals surface area (Å²) >= 11 is 0. The van der Waals surface area contributed by atoms with Gasteiger partial charge in [0.1, 0.15) is 5.75 Å². The third-order valence-corrected chi connectivity index (χ3v) is 6.47. The molecular formula is C22H27N7O. The van der Waals surface area contributed by atoms with Crippen molar-refractivity contribution in [3.63, 3.8) is 0 Å². The van der Waals surface area contributed by atoms with E-state index in [2.05, 4.69) is 32.6 Å². The molecule has 0 amide bonds. The zero-order chi connectivity index (χ0) is 20.8. The summed E-state index contributed by atoms with van der Waals surface area (Å²) < 4.78 is 1.66. The molecule has 30 heavy (non-hydrogen) atoms. The predicted octanol–water partition coefficient (Wildman–Crippen LogP) is 2.64. The van der Waals surface area contributed by atoms with Crippen molar-refractivity contribution < 1.29 is 5.11 Å². The number of nitrogens with two attached hydrogens (primary N) is 1. The number of fused-ring (bicyclic) bond motifs is 2. The molecule has 1 aromatic carbocycles. The SMILES string of the molecule is Cc1nn(-c2ccc(-c3ccc(N(C)C4C[C@H]5CC[C@@H](C4)N5)nn3)c(O)c2)cc1N. The zero-order valence-corrected chi connectivity index (χ0v) is 17.3. The van der Waals surface area contributed by atoms with Gasteiger partial charge in [0.2, 0.25) is 0 Å². The third kappa shape index (κ3) is 3.37. The normalized spacial score (nSPS) is 22.9. The van der Waals surface area contributed by atoms with E-state index in [-0.39, 0.29) is 5.75 Å². The molecule has 0 radical (unpaired) electrons. The number of rotatable bonds is 4. The summed E-state index contributed by atoms with van der Waals surface area (Å²) in [5.74, 6) is 0.994. The summed E-state index contributed by atoms with van der Waals surface area (Å²) in [7, 11) is 2.10. The van der Waals surface area contributed by atoms with Crippen molar-refractivity contribution in [3.8, 4) is 22.7 Å². The van der Waals surface area contributed by atoms with E-state index in [9.17, 15) is 5.11 Å². The second-order valence-corrected chi connectivity index (χ2v) is 8.47. The van der Waals surface area contributed by atoms with Crippen LogP contribution < -0.4 is 16.0 Å². The van der Waals surface area contributed by atoms with E-state index in [0.717, 1.165) is 30.0 Å². The Morgan fingerprint density at radius 2 is 1.90 bits per heavy atom. The van der Waals surface area contributed by atoms with Gasteiger partial charge in [-0.2, -0.15) is 5.10 Å². The molecular weight excluding hydrogens is 378 g/mol. The largest absolute Gasteiger partial charge is 0.507 e. The summed E-state index contributed by atoms with van der Waals surface area (Å²) in [4.78, 5) is 2.25. The first-order valence-corrected chi connectivity index (χ1v) is 10.5. The van der Waals surface area contributed by atoms with Gasteiger partial charge in [-0.05, 0) is 56.9 Å². The van der Waals surface area contributed by atoms with Crippen LogP contribution in [0, 0.1) is 6.92 Å². The van der Waals surface area contributed by atoms with Crippen LogP contribution in [0.25, 0.3) is 16.9 Å². The lowest BCUT2D eigenvalue weighted by molar-refractivity contribution is 0.353. The van der Waals surface area contributed by atoms with Crippen molar-refractivity contribution in [1.29, 1.82) is 0 Å². The lowest BCUT2D eigenvalue weighted by atomic mass is 9.98. The summed E-state index contributed by atoms with van der Waals surface area (Å²) in [6.07, 6.45) is 6.59. The third-order valence-electron chi connectivity index (χ3n) is 6.47. The van der Waals surface area contributed by atoms with E-state index < -0.39 is 0 Å². The number of phenols is 1. The summed E-state index contributed by atoms with van der Waals surface area (Å²) in [5, 5.41) is 27.4. The second kappa shape index (κ2) is 7.28. The summed E-state index contributed by atoms with van der Waals surface area (Å²) in [6.45, 7) is 1.85. The van der Waals surface area contributed by atoms with Gasteiger partial charge in [0.15, 0.2) is 5.82 Å². The Morgan fingerprint density at radius 3 is 2.50 bits per heavy atom. The van der Waals surface area contributed by atoms with Gasteiger partial charge < -0.3 is 21.1 Å². The van der Waals surface area contributed by atoms with Gasteiger partial charge in [-0.25, -0.2) is 4.68 Å². The molecule has 3 aromatic rings. The first kappa shape index (κ1) is 18.9. The number of aromatic nitrogens is 4. The molecule has 2 saturated heterocycles. The first-order valence-electron chi connectivity index (χ1n) is 10.5. The highest BCUT2D eigenvalue weighted by atomic mass is 16.3. The smallest absolute Gasteiger partial charge is 0.151 e. The van der Waals surface area contributed by atoms with Crippen molar-refractivity contribution in [2.75, 3.05) is 17.7 Å². The van der Waals surface area contributed by atoms with Crippen LogP contribution in [0.1, 0.15) is 31.4 Å². The average molecular weight is 406 g/mol. The van der Waals surface area contributed by atoms with Crippen LogP contribution in [0.5, 0.6) is 5.75 Å². The summed E-state index contributed by atoms with van der Waals surface area (Å²) in [6, 6.07) is 11.0. The van der Waals surface area contributed by atoms with Crippen LogP contribution in [0.3, 0.4) is 0 Å². The fourth-order valence-electron chi connectivity index (χ4n) is 4.67. The molecule has 1 unspecified atom stereocenters. The molecule has 5 rings (SSSR count). The zero-order valence-electron chi connectivity index (χ0n) is 17.3. The molecule has 2 aromatic heterocycles. The standard InChI is InChI=1S/C22H27N7O/c1-13-19(23)12-29(27-13)16-5-6-18(21(30)11-16)20-7-8-22(26-25-20)28(2)17-9-14-3-4-15(10-17)24-14/h5-8,11-12,14-15,17,24,30H,3-4,9-10,23H2,1-2H3/t14-,15+,17?. The van der Waals surface area contributed by atoms with E-state index in [4.69, 9.17) is 5.73 Å². The van der Waals surface area contributed by atoms with E-state index in [1.807, 2.05) is 31.2 Å². The van der Waals surface area contributed by atoms with Gasteiger partial charge >= 0.3 is 0 Å². The molecule has 2 aliphatic rings. The minimum absolute atomic E-state index is 0.129. The van der Waals surface area contributed by atoms with Crippen LogP contribution in [-0.4, -0.2) is 50.3 Å². The van der Waals surface area contributed by atoms with Crippen molar-refractivity contribution in [1.82, 2.24) is 25.3 Å². The Balaban J connectivity index is 1.35. The number of aryl methyl sites for hydroxylation is 1. The van der Waals surface area contributed by atoms with Crippen molar-refractivity contribution in [2.45, 2.75) is 50.7 Å². The van der Waals surface area contributed by atoms with E-state index in [1.54, 1.807) is 16.9 Å². The summed E-state index contributed by atoms with van der Waals surface area (Å²) in [5.41, 5.74) is 9.26. The minimum Gasteiger partial charge on any atom is -0.507 e. The van der Waals surface area contributed by atoms with Crippen molar-refractivity contribution in [3.05, 3.63) is 42.2 Å². The van der Waals surface area contributed by atoms with Gasteiger partial charge in [-0.1, -0.05) is 0 Å². The minimum atomic E-state index is 0.129. The van der Waals surface area contributed by atoms with Crippen LogP contribution in [0.15, 0.2) is 36.5 Å². The van der Waals surface area contributed by atoms with Crippen LogP contribution >= 0.6 is 0 Å². The molecule has 156 valence electrons. The maximum atomic E-state index is 10.6. The Bertz CT molecular complexity index is 1030. The maximum Gasteiger partial charge on any atom is 0.151 e. The quantitative estimate of drug-likeness (QED) is 0.613. The molecule has 0 spiro atoms. The predicted molar refractivity (Wildman–Crippen MR) is 117 cm³/mol. The number of aromatic hydroxyl groups is 1. The number of benzene rings is 1. The Kier molecular flexibility index (Phi) is 4.58. The fourth-order valence-corrected chi connectivity index (χ4v) is 4.67. The van der Waals surface area contributed by atoms with Crippen molar-refractivity contribution in [2.24, 2.45) is 0 Å². The highest BCUT2D eigenvalue weighted by molar-refractivity contribution is 5.69. The average Bonchev–Trinajstić information content (AvgIpc) is 3.27. The van der Waals surface area contributed by atoms with Gasteiger partial charge in [0, 0.05) is 36.8 Å².